The first-order valence-electron chi connectivity index (χ1n) is 28.7. The number of ether oxygens (including phenoxy) is 3. The molecule has 69 heavy (non-hydrogen) atoms. The number of carbonyl (C=O) groups is 3. The van der Waals surface area contributed by atoms with Crippen LogP contribution in [0.15, 0.2) is 97.2 Å². The summed E-state index contributed by atoms with van der Waals surface area (Å²) in [6.07, 6.45) is 75.5. The van der Waals surface area contributed by atoms with Crippen LogP contribution in [0.25, 0.3) is 0 Å². The minimum absolute atomic E-state index is 0.101. The molecule has 6 heteroatoms. The van der Waals surface area contributed by atoms with E-state index in [1.807, 2.05) is 0 Å². The van der Waals surface area contributed by atoms with Crippen LogP contribution in [0, 0.1) is 0 Å². The van der Waals surface area contributed by atoms with Crippen molar-refractivity contribution in [3.8, 4) is 0 Å². The quantitative estimate of drug-likeness (QED) is 0.0262. The largest absolute Gasteiger partial charge is 0.462 e. The number of esters is 3. The van der Waals surface area contributed by atoms with Crippen molar-refractivity contribution in [1.82, 2.24) is 0 Å². The molecule has 1 atom stereocenters. The second-order valence-corrected chi connectivity index (χ2v) is 18.8. The zero-order valence-corrected chi connectivity index (χ0v) is 45.0. The van der Waals surface area contributed by atoms with E-state index in [9.17, 15) is 14.4 Å². The lowest BCUT2D eigenvalue weighted by molar-refractivity contribution is -0.167. The van der Waals surface area contributed by atoms with E-state index >= 15 is 0 Å². The monoisotopic (exact) mass is 959 g/mol. The second kappa shape index (κ2) is 56.9. The van der Waals surface area contributed by atoms with Crippen LogP contribution in [0.5, 0.6) is 0 Å². The Morgan fingerprint density at radius 2 is 0.565 bits per heavy atom. The fourth-order valence-electron chi connectivity index (χ4n) is 7.84. The van der Waals surface area contributed by atoms with Crippen molar-refractivity contribution < 1.29 is 28.6 Å². The van der Waals surface area contributed by atoms with E-state index in [1.165, 1.54) is 103 Å². The topological polar surface area (TPSA) is 78.9 Å². The molecule has 0 heterocycles. The Kier molecular flexibility index (Phi) is 53.9. The fourth-order valence-corrected chi connectivity index (χ4v) is 7.84. The number of unbranched alkanes of at least 4 members (excludes halogenated alkanes) is 24. The summed E-state index contributed by atoms with van der Waals surface area (Å²) in [4.78, 5) is 38.1. The summed E-state index contributed by atoms with van der Waals surface area (Å²) in [7, 11) is 0. The van der Waals surface area contributed by atoms with Crippen molar-refractivity contribution in [2.45, 2.75) is 271 Å². The first-order chi connectivity index (χ1) is 34.0. The van der Waals surface area contributed by atoms with Gasteiger partial charge in [-0.25, -0.2) is 0 Å². The minimum Gasteiger partial charge on any atom is -0.462 e. The number of rotatable bonds is 51. The number of hydrogen-bond acceptors (Lipinski definition) is 6. The molecule has 0 aliphatic rings. The third kappa shape index (κ3) is 55.1. The molecule has 0 fully saturated rings. The first kappa shape index (κ1) is 65.3. The van der Waals surface area contributed by atoms with Crippen LogP contribution in [0.4, 0.5) is 0 Å². The highest BCUT2D eigenvalue weighted by Crippen LogP contribution is 2.16. The van der Waals surface area contributed by atoms with Gasteiger partial charge in [0.15, 0.2) is 6.10 Å². The molecule has 0 bridgehead atoms. The molecule has 0 aromatic heterocycles. The Morgan fingerprint density at radius 1 is 0.304 bits per heavy atom. The van der Waals surface area contributed by atoms with Gasteiger partial charge in [0.25, 0.3) is 0 Å². The molecule has 6 nitrogen and oxygen atoms in total. The summed E-state index contributed by atoms with van der Waals surface area (Å²) in [5.74, 6) is -0.963. The summed E-state index contributed by atoms with van der Waals surface area (Å²) in [6.45, 7) is 6.37. The number of hydrogen-bond donors (Lipinski definition) is 0. The molecule has 0 N–H and O–H groups in total. The lowest BCUT2D eigenvalue weighted by Gasteiger charge is -2.18. The van der Waals surface area contributed by atoms with Crippen molar-refractivity contribution in [3.05, 3.63) is 97.2 Å². The predicted octanol–water partition coefficient (Wildman–Crippen LogP) is 19.3. The van der Waals surface area contributed by atoms with Gasteiger partial charge in [-0.1, -0.05) is 246 Å². The Morgan fingerprint density at radius 3 is 0.913 bits per heavy atom. The molecule has 0 rings (SSSR count). The van der Waals surface area contributed by atoms with E-state index < -0.39 is 6.10 Å². The zero-order valence-electron chi connectivity index (χ0n) is 45.0. The Balaban J connectivity index is 4.45. The van der Waals surface area contributed by atoms with Gasteiger partial charge in [-0.3, -0.25) is 14.4 Å². The Bertz CT molecular complexity index is 1380. The number of carbonyl (C=O) groups excluding carboxylic acids is 3. The summed E-state index contributed by atoms with van der Waals surface area (Å²) in [6, 6.07) is 0. The van der Waals surface area contributed by atoms with E-state index in [4.69, 9.17) is 14.2 Å². The van der Waals surface area contributed by atoms with Gasteiger partial charge in [0.2, 0.25) is 0 Å². The van der Waals surface area contributed by atoms with Gasteiger partial charge in [-0.15, -0.1) is 0 Å². The highest BCUT2D eigenvalue weighted by Gasteiger charge is 2.19. The molecule has 0 amide bonds. The minimum atomic E-state index is -0.809. The van der Waals surface area contributed by atoms with E-state index in [2.05, 4.69) is 118 Å². The van der Waals surface area contributed by atoms with Gasteiger partial charge in [0.1, 0.15) is 13.2 Å². The summed E-state index contributed by atoms with van der Waals surface area (Å²) < 4.78 is 16.8. The van der Waals surface area contributed by atoms with E-state index in [0.717, 1.165) is 116 Å². The summed E-state index contributed by atoms with van der Waals surface area (Å²) >= 11 is 0. The molecule has 0 aliphatic carbocycles. The molecular weight excluding hydrogens is 853 g/mol. The van der Waals surface area contributed by atoms with Crippen molar-refractivity contribution in [2.75, 3.05) is 13.2 Å². The maximum atomic E-state index is 12.8. The first-order valence-corrected chi connectivity index (χ1v) is 28.7. The van der Waals surface area contributed by atoms with Crippen molar-refractivity contribution in [1.29, 1.82) is 0 Å². The highest BCUT2D eigenvalue weighted by atomic mass is 16.6. The molecule has 0 unspecified atom stereocenters. The van der Waals surface area contributed by atoms with Crippen LogP contribution in [0.1, 0.15) is 265 Å². The fraction of sp³-hybridized carbons (Fsp3) is 0.698. The SMILES string of the molecule is CC/C=C\C/C=C\C/C=C\C/C=C\CCCCCCC(=O)OC[C@H](COC(=O)CCCCCCCCCCCCCCCCCCCCC)OC(=O)CCCC/C=C\C/C=C\C/C=C\C/C=C\CC. The van der Waals surface area contributed by atoms with Crippen LogP contribution >= 0.6 is 0 Å². The molecule has 0 spiro atoms. The predicted molar refractivity (Wildman–Crippen MR) is 297 cm³/mol. The second-order valence-electron chi connectivity index (χ2n) is 18.8. The molecule has 0 radical (unpaired) electrons. The highest BCUT2D eigenvalue weighted by molar-refractivity contribution is 5.71. The van der Waals surface area contributed by atoms with Crippen LogP contribution in [-0.4, -0.2) is 37.2 Å². The molecule has 0 saturated carbocycles. The van der Waals surface area contributed by atoms with E-state index in [0.29, 0.717) is 19.3 Å². The van der Waals surface area contributed by atoms with Crippen LogP contribution < -0.4 is 0 Å². The lowest BCUT2D eigenvalue weighted by atomic mass is 10.0. The molecular formula is C63H106O6. The van der Waals surface area contributed by atoms with Crippen LogP contribution in [0.3, 0.4) is 0 Å². The van der Waals surface area contributed by atoms with Gasteiger partial charge >= 0.3 is 17.9 Å². The van der Waals surface area contributed by atoms with Crippen molar-refractivity contribution in [2.24, 2.45) is 0 Å². The molecule has 0 aromatic carbocycles. The third-order valence-corrected chi connectivity index (χ3v) is 12.1. The van der Waals surface area contributed by atoms with Crippen LogP contribution in [0.2, 0.25) is 0 Å². The number of allylic oxidation sites excluding steroid dienone is 16. The van der Waals surface area contributed by atoms with Gasteiger partial charge in [-0.05, 0) is 96.3 Å². The van der Waals surface area contributed by atoms with Gasteiger partial charge in [0, 0.05) is 19.3 Å². The molecule has 0 aliphatic heterocycles. The van der Waals surface area contributed by atoms with Crippen molar-refractivity contribution >= 4 is 17.9 Å². The molecule has 394 valence electrons. The average Bonchev–Trinajstić information content (AvgIpc) is 3.35. The van der Waals surface area contributed by atoms with Gasteiger partial charge in [0.05, 0.1) is 0 Å². The lowest BCUT2D eigenvalue weighted by Crippen LogP contribution is -2.30. The molecule has 0 saturated heterocycles. The van der Waals surface area contributed by atoms with Gasteiger partial charge in [-0.2, -0.15) is 0 Å². The maximum Gasteiger partial charge on any atom is 0.306 e. The van der Waals surface area contributed by atoms with Crippen LogP contribution in [-0.2, 0) is 28.6 Å². The summed E-state index contributed by atoms with van der Waals surface area (Å²) in [5.41, 5.74) is 0. The van der Waals surface area contributed by atoms with Crippen molar-refractivity contribution in [3.63, 3.8) is 0 Å². The summed E-state index contributed by atoms with van der Waals surface area (Å²) in [5, 5.41) is 0. The standard InChI is InChI=1S/C63H106O6/c1-4-7-10-13-16-19-22-25-28-30-31-33-36-38-41-44-47-50-53-56-62(65)68-59-60(69-63(66)57-54-51-48-45-42-39-34-27-24-21-18-15-12-9-6-3)58-67-61(64)55-52-49-46-43-40-37-35-32-29-26-23-20-17-14-11-8-5-2/h8-9,11-12,17-18,20-21,26-27,29,34-35,37,42,45,60H,4-7,10,13-16,19,22-25,28,30-33,36,38-41,43-44,46-59H2,1-3H3/b11-8-,12-9-,20-17-,21-18-,29-26-,34-27-,37-35-,45-42-/t60-/m1/s1. The Hall–Kier alpha value is -3.67. The molecule has 0 aromatic rings. The van der Waals surface area contributed by atoms with E-state index in [-0.39, 0.29) is 37.5 Å². The smallest absolute Gasteiger partial charge is 0.306 e. The third-order valence-electron chi connectivity index (χ3n) is 12.1. The Labute approximate surface area is 426 Å². The average molecular weight is 960 g/mol. The maximum absolute atomic E-state index is 12.8. The normalized spacial score (nSPS) is 12.8. The zero-order chi connectivity index (χ0) is 50.0. The van der Waals surface area contributed by atoms with Gasteiger partial charge < -0.3 is 14.2 Å². The van der Waals surface area contributed by atoms with E-state index in [1.54, 1.807) is 0 Å².